The lowest BCUT2D eigenvalue weighted by molar-refractivity contribution is -0.384. The number of hydrogen-bond donors (Lipinski definition) is 1. The average molecular weight is 208 g/mol. The molecule has 0 aliphatic rings. The van der Waals surface area contributed by atoms with Gasteiger partial charge in [0.15, 0.2) is 0 Å². The number of nitrogens with one attached hydrogen (secondary N) is 1. The van der Waals surface area contributed by atoms with Crippen LogP contribution in [-0.4, -0.2) is 17.6 Å². The van der Waals surface area contributed by atoms with E-state index in [-0.39, 0.29) is 18.0 Å². The van der Waals surface area contributed by atoms with Gasteiger partial charge in [-0.25, -0.2) is 4.79 Å². The highest BCUT2D eigenvalue weighted by Gasteiger charge is 2.06. The molecule has 78 valence electrons. The van der Waals surface area contributed by atoms with Gasteiger partial charge in [0.2, 0.25) is 0 Å². The molecular formula is C9H8N2O4. The van der Waals surface area contributed by atoms with E-state index in [1.54, 1.807) is 0 Å². The summed E-state index contributed by atoms with van der Waals surface area (Å²) in [5, 5.41) is 12.5. The molecule has 0 heterocycles. The normalized spacial score (nSPS) is 9.40. The fourth-order valence-electron chi connectivity index (χ4n) is 0.862. The Morgan fingerprint density at radius 2 is 2.07 bits per heavy atom. The minimum atomic E-state index is -0.702. The van der Waals surface area contributed by atoms with Crippen molar-refractivity contribution >= 4 is 11.8 Å². The maximum absolute atomic E-state index is 10.9. The third kappa shape index (κ3) is 3.26. The predicted molar refractivity (Wildman–Crippen MR) is 51.4 cm³/mol. The fraction of sp³-hybridized carbons (Fsp3) is 0.111. The van der Waals surface area contributed by atoms with Crippen molar-refractivity contribution in [3.8, 4) is 5.75 Å². The molecule has 0 aromatic heterocycles. The summed E-state index contributed by atoms with van der Waals surface area (Å²) in [5.74, 6) is 0.214. The van der Waals surface area contributed by atoms with Gasteiger partial charge in [-0.15, -0.1) is 0 Å². The summed E-state index contributed by atoms with van der Waals surface area (Å²) < 4.78 is 4.74. The minimum absolute atomic E-state index is 0.0359. The van der Waals surface area contributed by atoms with Crippen LogP contribution in [0.4, 0.5) is 10.5 Å². The lowest BCUT2D eigenvalue weighted by Crippen LogP contribution is -2.26. The molecular weight excluding hydrogens is 200 g/mol. The Kier molecular flexibility index (Phi) is 3.61. The molecule has 0 atom stereocenters. The smallest absolute Gasteiger partial charge is 0.410 e. The lowest BCUT2D eigenvalue weighted by Gasteiger charge is -2.03. The number of nitrogens with zero attached hydrogens (tertiary/aromatic N) is 1. The van der Waals surface area contributed by atoms with Gasteiger partial charge in [0, 0.05) is 18.7 Å². The SMILES string of the molecule is [CH]CNC(=O)Oc1ccc([N+](=O)[O-])cc1. The van der Waals surface area contributed by atoms with Crippen LogP contribution in [0.25, 0.3) is 0 Å². The van der Waals surface area contributed by atoms with E-state index in [0.29, 0.717) is 0 Å². The van der Waals surface area contributed by atoms with Crippen LogP contribution in [0, 0.1) is 17.0 Å². The summed E-state index contributed by atoms with van der Waals surface area (Å²) in [6.07, 6.45) is -0.702. The second-order valence-corrected chi connectivity index (χ2v) is 2.52. The molecule has 0 bridgehead atoms. The fourth-order valence-corrected chi connectivity index (χ4v) is 0.862. The number of carbonyl (C=O) groups is 1. The second kappa shape index (κ2) is 4.94. The second-order valence-electron chi connectivity index (χ2n) is 2.52. The zero-order valence-electron chi connectivity index (χ0n) is 7.67. The number of rotatable bonds is 3. The Labute approximate surface area is 86.0 Å². The number of amides is 1. The maximum Gasteiger partial charge on any atom is 0.412 e. The first kappa shape index (κ1) is 11.0. The van der Waals surface area contributed by atoms with Crippen molar-refractivity contribution < 1.29 is 14.5 Å². The predicted octanol–water partition coefficient (Wildman–Crippen LogP) is 1.39. The molecule has 0 spiro atoms. The van der Waals surface area contributed by atoms with Crippen molar-refractivity contribution in [1.29, 1.82) is 0 Å². The van der Waals surface area contributed by atoms with Crippen LogP contribution < -0.4 is 10.1 Å². The number of nitro groups is 1. The van der Waals surface area contributed by atoms with Gasteiger partial charge in [-0.3, -0.25) is 10.1 Å². The van der Waals surface area contributed by atoms with E-state index in [2.05, 4.69) is 5.32 Å². The van der Waals surface area contributed by atoms with Crippen LogP contribution >= 0.6 is 0 Å². The summed E-state index contributed by atoms with van der Waals surface area (Å²) in [6.45, 7) is 5.01. The van der Waals surface area contributed by atoms with E-state index in [4.69, 9.17) is 11.7 Å². The quantitative estimate of drug-likeness (QED) is 0.601. The molecule has 0 saturated carbocycles. The molecule has 1 N–H and O–H groups in total. The first-order valence-corrected chi connectivity index (χ1v) is 4.03. The number of ether oxygens (including phenoxy) is 1. The standard InChI is InChI=1S/C9H8N2O4/c1-2-10-9(12)15-8-5-3-7(4-6-8)11(13)14/h1,3-6H,2H2,(H,10,12). The number of hydrogen-bond acceptors (Lipinski definition) is 4. The molecule has 0 aliphatic heterocycles. The van der Waals surface area contributed by atoms with Crippen molar-refractivity contribution in [2.24, 2.45) is 0 Å². The Hall–Kier alpha value is -2.11. The number of carbonyl (C=O) groups excluding carboxylic acids is 1. The van der Waals surface area contributed by atoms with E-state index >= 15 is 0 Å². The average Bonchev–Trinajstić information content (AvgIpc) is 2.18. The monoisotopic (exact) mass is 208 g/mol. The third-order valence-electron chi connectivity index (χ3n) is 1.50. The highest BCUT2D eigenvalue weighted by atomic mass is 16.6. The first-order valence-electron chi connectivity index (χ1n) is 4.03. The van der Waals surface area contributed by atoms with Gasteiger partial charge in [0.05, 0.1) is 4.92 Å². The van der Waals surface area contributed by atoms with Crippen molar-refractivity contribution in [2.45, 2.75) is 0 Å². The third-order valence-corrected chi connectivity index (χ3v) is 1.50. The molecule has 0 aliphatic carbocycles. The van der Waals surface area contributed by atoms with Gasteiger partial charge in [-0.2, -0.15) is 0 Å². The van der Waals surface area contributed by atoms with Crippen molar-refractivity contribution in [3.05, 3.63) is 41.3 Å². The van der Waals surface area contributed by atoms with Crippen LogP contribution in [0.5, 0.6) is 5.75 Å². The van der Waals surface area contributed by atoms with Crippen LogP contribution in [0.2, 0.25) is 0 Å². The summed E-state index contributed by atoms with van der Waals surface area (Å²) in [5.41, 5.74) is -0.0680. The van der Waals surface area contributed by atoms with Gasteiger partial charge in [-0.05, 0) is 19.1 Å². The van der Waals surface area contributed by atoms with E-state index in [9.17, 15) is 14.9 Å². The molecule has 0 fully saturated rings. The summed E-state index contributed by atoms with van der Waals surface area (Å²) in [4.78, 5) is 20.7. The van der Waals surface area contributed by atoms with Crippen LogP contribution in [0.1, 0.15) is 0 Å². The van der Waals surface area contributed by atoms with E-state index in [1.807, 2.05) is 0 Å². The molecule has 0 saturated heterocycles. The number of benzene rings is 1. The van der Waals surface area contributed by atoms with Crippen molar-refractivity contribution in [1.82, 2.24) is 5.32 Å². The summed E-state index contributed by atoms with van der Waals surface area (Å²) >= 11 is 0. The lowest BCUT2D eigenvalue weighted by atomic mass is 10.3. The molecule has 1 aromatic rings. The van der Waals surface area contributed by atoms with Gasteiger partial charge < -0.3 is 10.1 Å². The van der Waals surface area contributed by atoms with Crippen LogP contribution in [0.15, 0.2) is 24.3 Å². The van der Waals surface area contributed by atoms with Crippen LogP contribution in [0.3, 0.4) is 0 Å². The molecule has 2 radical (unpaired) electrons. The maximum atomic E-state index is 10.9. The Morgan fingerprint density at radius 1 is 1.47 bits per heavy atom. The molecule has 1 rings (SSSR count). The Morgan fingerprint density at radius 3 is 2.53 bits per heavy atom. The molecule has 15 heavy (non-hydrogen) atoms. The zero-order valence-corrected chi connectivity index (χ0v) is 7.67. The number of non-ortho nitro benzene ring substituents is 1. The van der Waals surface area contributed by atoms with Gasteiger partial charge >= 0.3 is 6.09 Å². The van der Waals surface area contributed by atoms with Gasteiger partial charge in [0.25, 0.3) is 5.69 Å². The molecule has 6 heteroatoms. The molecule has 0 unspecified atom stereocenters. The Bertz CT molecular complexity index is 361. The van der Waals surface area contributed by atoms with Crippen molar-refractivity contribution in [2.75, 3.05) is 6.54 Å². The highest BCUT2D eigenvalue weighted by Crippen LogP contribution is 2.17. The first-order chi connectivity index (χ1) is 7.13. The topological polar surface area (TPSA) is 81.5 Å². The van der Waals surface area contributed by atoms with E-state index in [0.717, 1.165) is 0 Å². The zero-order chi connectivity index (χ0) is 11.3. The molecule has 1 amide bonds. The van der Waals surface area contributed by atoms with E-state index < -0.39 is 11.0 Å². The Balaban J connectivity index is 2.64. The molecule has 6 nitrogen and oxygen atoms in total. The molecule has 1 aromatic carbocycles. The summed E-state index contributed by atoms with van der Waals surface area (Å²) in [7, 11) is 0. The summed E-state index contributed by atoms with van der Waals surface area (Å²) in [6, 6.07) is 5.14. The minimum Gasteiger partial charge on any atom is -0.410 e. The van der Waals surface area contributed by atoms with E-state index in [1.165, 1.54) is 24.3 Å². The van der Waals surface area contributed by atoms with Crippen molar-refractivity contribution in [3.63, 3.8) is 0 Å². The van der Waals surface area contributed by atoms with Gasteiger partial charge in [-0.1, -0.05) is 0 Å². The number of nitro benzene ring substituents is 1. The largest absolute Gasteiger partial charge is 0.412 e. The highest BCUT2D eigenvalue weighted by molar-refractivity contribution is 5.70. The van der Waals surface area contributed by atoms with Crippen LogP contribution in [-0.2, 0) is 0 Å². The van der Waals surface area contributed by atoms with Gasteiger partial charge in [0.1, 0.15) is 5.75 Å².